The molecule has 1 aromatic heterocycles. The normalized spacial score (nSPS) is 10.2. The van der Waals surface area contributed by atoms with Crippen LogP contribution in [-0.4, -0.2) is 17.5 Å². The molecular weight excluding hydrogens is 332 g/mol. The number of carbonyl (C=O) groups is 1. The molecule has 0 aliphatic rings. The number of ether oxygens (including phenoxy) is 1. The number of nitrogens with zero attached hydrogens (tertiary/aromatic N) is 1. The van der Waals surface area contributed by atoms with E-state index < -0.39 is 0 Å². The number of pyridine rings is 1. The molecule has 110 valence electrons. The molecule has 1 N–H and O–H groups in total. The van der Waals surface area contributed by atoms with Crippen LogP contribution in [0.4, 0.5) is 0 Å². The lowest BCUT2D eigenvalue weighted by molar-refractivity contribution is 0.0946. The highest BCUT2D eigenvalue weighted by Crippen LogP contribution is 2.23. The van der Waals surface area contributed by atoms with Crippen LogP contribution in [0.5, 0.6) is 5.75 Å². The number of nitrogens with one attached hydrogen (secondary N) is 1. The Morgan fingerprint density at radius 3 is 2.95 bits per heavy atom. The summed E-state index contributed by atoms with van der Waals surface area (Å²) in [6.07, 6.45) is 4.33. The maximum Gasteiger partial charge on any atom is 0.255 e. The molecule has 0 radical (unpaired) electrons. The van der Waals surface area contributed by atoms with Gasteiger partial charge in [0.2, 0.25) is 0 Å². The van der Waals surface area contributed by atoms with Crippen molar-refractivity contribution in [3.05, 3.63) is 58.3 Å². The van der Waals surface area contributed by atoms with Gasteiger partial charge in [-0.1, -0.05) is 28.9 Å². The Balaban J connectivity index is 2.08. The first kappa shape index (κ1) is 15.5. The molecule has 4 nitrogen and oxygen atoms in total. The molecule has 2 aromatic rings. The van der Waals surface area contributed by atoms with Crippen LogP contribution >= 0.6 is 15.9 Å². The minimum absolute atomic E-state index is 0.161. The first-order chi connectivity index (χ1) is 10.2. The van der Waals surface area contributed by atoms with Crippen LogP contribution in [0.2, 0.25) is 0 Å². The quantitative estimate of drug-likeness (QED) is 0.868. The zero-order valence-electron chi connectivity index (χ0n) is 11.8. The summed E-state index contributed by atoms with van der Waals surface area (Å²) in [6, 6.07) is 9.20. The number of hydrogen-bond acceptors (Lipinski definition) is 3. The fourth-order valence-electron chi connectivity index (χ4n) is 1.80. The molecule has 0 saturated heterocycles. The first-order valence-electron chi connectivity index (χ1n) is 6.80. The Labute approximate surface area is 132 Å². The van der Waals surface area contributed by atoms with Crippen LogP contribution in [-0.2, 0) is 6.54 Å². The summed E-state index contributed by atoms with van der Waals surface area (Å²) in [5.74, 6) is 0.440. The van der Waals surface area contributed by atoms with Crippen molar-refractivity contribution in [1.82, 2.24) is 10.3 Å². The predicted octanol–water partition coefficient (Wildman–Crippen LogP) is 3.56. The SMILES string of the molecule is CCCOc1ccc(Br)cc1C(=O)NCc1cccnc1. The average Bonchev–Trinajstić information content (AvgIpc) is 2.52. The van der Waals surface area contributed by atoms with Gasteiger partial charge in [-0.3, -0.25) is 9.78 Å². The van der Waals surface area contributed by atoms with Gasteiger partial charge in [-0.05, 0) is 36.2 Å². The van der Waals surface area contributed by atoms with Crippen molar-refractivity contribution in [2.24, 2.45) is 0 Å². The summed E-state index contributed by atoms with van der Waals surface area (Å²) in [6.45, 7) is 3.05. The molecule has 0 aliphatic heterocycles. The van der Waals surface area contributed by atoms with Gasteiger partial charge in [-0.25, -0.2) is 0 Å². The third-order valence-corrected chi connectivity index (χ3v) is 3.32. The van der Waals surface area contributed by atoms with Crippen molar-refractivity contribution >= 4 is 21.8 Å². The van der Waals surface area contributed by atoms with Crippen molar-refractivity contribution < 1.29 is 9.53 Å². The molecule has 1 amide bonds. The molecule has 0 unspecified atom stereocenters. The number of halogens is 1. The number of rotatable bonds is 6. The van der Waals surface area contributed by atoms with Crippen molar-refractivity contribution in [2.45, 2.75) is 19.9 Å². The van der Waals surface area contributed by atoms with E-state index in [0.717, 1.165) is 16.5 Å². The molecule has 0 atom stereocenters. The smallest absolute Gasteiger partial charge is 0.255 e. The Morgan fingerprint density at radius 2 is 2.24 bits per heavy atom. The van der Waals surface area contributed by atoms with E-state index >= 15 is 0 Å². The largest absolute Gasteiger partial charge is 0.493 e. The average molecular weight is 349 g/mol. The van der Waals surface area contributed by atoms with Gasteiger partial charge in [0, 0.05) is 23.4 Å². The molecule has 0 aliphatic carbocycles. The van der Waals surface area contributed by atoms with Crippen LogP contribution in [0.15, 0.2) is 47.2 Å². The minimum atomic E-state index is -0.161. The van der Waals surface area contributed by atoms with Gasteiger partial charge in [0.1, 0.15) is 5.75 Å². The highest BCUT2D eigenvalue weighted by atomic mass is 79.9. The Morgan fingerprint density at radius 1 is 1.38 bits per heavy atom. The third-order valence-electron chi connectivity index (χ3n) is 2.82. The lowest BCUT2D eigenvalue weighted by atomic mass is 10.2. The van der Waals surface area contributed by atoms with Crippen molar-refractivity contribution in [2.75, 3.05) is 6.61 Å². The lowest BCUT2D eigenvalue weighted by Gasteiger charge is -2.11. The zero-order valence-corrected chi connectivity index (χ0v) is 13.4. The maximum absolute atomic E-state index is 12.3. The predicted molar refractivity (Wildman–Crippen MR) is 85.3 cm³/mol. The van der Waals surface area contributed by atoms with Crippen molar-refractivity contribution in [1.29, 1.82) is 0 Å². The van der Waals surface area contributed by atoms with Gasteiger partial charge in [0.15, 0.2) is 0 Å². The van der Waals surface area contributed by atoms with Gasteiger partial charge >= 0.3 is 0 Å². The van der Waals surface area contributed by atoms with E-state index in [0.29, 0.717) is 24.5 Å². The van der Waals surface area contributed by atoms with E-state index in [1.165, 1.54) is 0 Å². The summed E-state index contributed by atoms with van der Waals surface area (Å²) in [4.78, 5) is 16.3. The lowest BCUT2D eigenvalue weighted by Crippen LogP contribution is -2.23. The Kier molecular flexibility index (Phi) is 5.75. The molecule has 0 spiro atoms. The van der Waals surface area contributed by atoms with Crippen LogP contribution in [0.25, 0.3) is 0 Å². The van der Waals surface area contributed by atoms with E-state index in [1.807, 2.05) is 25.1 Å². The molecular formula is C16H17BrN2O2. The topological polar surface area (TPSA) is 51.2 Å². The van der Waals surface area contributed by atoms with E-state index in [2.05, 4.69) is 26.2 Å². The molecule has 5 heteroatoms. The van der Waals surface area contributed by atoms with Gasteiger partial charge in [-0.2, -0.15) is 0 Å². The molecule has 1 heterocycles. The second-order valence-electron chi connectivity index (χ2n) is 4.53. The summed E-state index contributed by atoms with van der Waals surface area (Å²) in [7, 11) is 0. The monoisotopic (exact) mass is 348 g/mol. The first-order valence-corrected chi connectivity index (χ1v) is 7.59. The van der Waals surface area contributed by atoms with Gasteiger partial charge < -0.3 is 10.1 Å². The summed E-state index contributed by atoms with van der Waals surface area (Å²) >= 11 is 3.38. The highest BCUT2D eigenvalue weighted by Gasteiger charge is 2.13. The second-order valence-corrected chi connectivity index (χ2v) is 5.45. The summed E-state index contributed by atoms with van der Waals surface area (Å²) in [5, 5.41) is 2.88. The molecule has 1 aromatic carbocycles. The van der Waals surface area contributed by atoms with E-state index in [-0.39, 0.29) is 5.91 Å². The third kappa shape index (κ3) is 4.56. The van der Waals surface area contributed by atoms with Crippen LogP contribution in [0, 0.1) is 0 Å². The van der Waals surface area contributed by atoms with Crippen molar-refractivity contribution in [3.8, 4) is 5.75 Å². The molecule has 2 rings (SSSR count). The Bertz CT molecular complexity index is 602. The van der Waals surface area contributed by atoms with Crippen LogP contribution < -0.4 is 10.1 Å². The Hall–Kier alpha value is -1.88. The van der Waals surface area contributed by atoms with Gasteiger partial charge in [0.05, 0.1) is 12.2 Å². The second kappa shape index (κ2) is 7.78. The number of aromatic nitrogens is 1. The number of benzene rings is 1. The molecule has 0 saturated carbocycles. The van der Waals surface area contributed by atoms with E-state index in [1.54, 1.807) is 24.5 Å². The van der Waals surface area contributed by atoms with Gasteiger partial charge in [-0.15, -0.1) is 0 Å². The molecule has 21 heavy (non-hydrogen) atoms. The van der Waals surface area contributed by atoms with Crippen LogP contribution in [0.3, 0.4) is 0 Å². The van der Waals surface area contributed by atoms with E-state index in [4.69, 9.17) is 4.74 Å². The van der Waals surface area contributed by atoms with Gasteiger partial charge in [0.25, 0.3) is 5.91 Å². The highest BCUT2D eigenvalue weighted by molar-refractivity contribution is 9.10. The number of hydrogen-bond donors (Lipinski definition) is 1. The number of amides is 1. The fraction of sp³-hybridized carbons (Fsp3) is 0.250. The minimum Gasteiger partial charge on any atom is -0.493 e. The standard InChI is InChI=1S/C16H17BrN2O2/c1-2-8-21-15-6-5-13(17)9-14(15)16(20)19-11-12-4-3-7-18-10-12/h3-7,9-10H,2,8,11H2,1H3,(H,19,20). The fourth-order valence-corrected chi connectivity index (χ4v) is 2.16. The summed E-state index contributed by atoms with van der Waals surface area (Å²) < 4.78 is 6.47. The summed E-state index contributed by atoms with van der Waals surface area (Å²) in [5.41, 5.74) is 1.48. The molecule has 0 bridgehead atoms. The van der Waals surface area contributed by atoms with Crippen LogP contribution in [0.1, 0.15) is 29.3 Å². The van der Waals surface area contributed by atoms with Crippen molar-refractivity contribution in [3.63, 3.8) is 0 Å². The number of carbonyl (C=O) groups excluding carboxylic acids is 1. The zero-order chi connectivity index (χ0) is 15.1. The maximum atomic E-state index is 12.3. The molecule has 0 fully saturated rings. The van der Waals surface area contributed by atoms with E-state index in [9.17, 15) is 4.79 Å².